The van der Waals surface area contributed by atoms with Crippen molar-refractivity contribution in [2.75, 3.05) is 19.7 Å². The first-order chi connectivity index (χ1) is 19.1. The molecule has 5 rings (SSSR count). The van der Waals surface area contributed by atoms with Crippen LogP contribution in [0.1, 0.15) is 93.9 Å². The van der Waals surface area contributed by atoms with Gasteiger partial charge in [0.15, 0.2) is 11.6 Å². The van der Waals surface area contributed by atoms with Crippen molar-refractivity contribution in [3.63, 3.8) is 0 Å². The highest BCUT2D eigenvalue weighted by molar-refractivity contribution is 6.04. The van der Waals surface area contributed by atoms with Crippen LogP contribution in [0.3, 0.4) is 0 Å². The summed E-state index contributed by atoms with van der Waals surface area (Å²) in [5.41, 5.74) is -0.108. The minimum atomic E-state index is -0.648. The van der Waals surface area contributed by atoms with Gasteiger partial charge in [0, 0.05) is 36.8 Å². The molecule has 0 aliphatic heterocycles. The molecule has 0 unspecified atom stereocenters. The Balaban J connectivity index is 1.57. The van der Waals surface area contributed by atoms with Gasteiger partial charge >= 0.3 is 5.97 Å². The Morgan fingerprint density at radius 1 is 1.07 bits per heavy atom. The maximum atomic E-state index is 14.6. The lowest BCUT2D eigenvalue weighted by molar-refractivity contribution is -0.176. The molecule has 0 bridgehead atoms. The van der Waals surface area contributed by atoms with Crippen LogP contribution in [0.15, 0.2) is 23.3 Å². The van der Waals surface area contributed by atoms with Gasteiger partial charge in [-0.3, -0.25) is 14.4 Å². The number of nitrogens with one attached hydrogen (secondary N) is 1. The number of hydrogen-bond donors (Lipinski definition) is 1. The summed E-state index contributed by atoms with van der Waals surface area (Å²) in [5, 5.41) is 13.6. The fourth-order valence-corrected chi connectivity index (χ4v) is 10.9. The summed E-state index contributed by atoms with van der Waals surface area (Å²) in [6, 6.07) is 2.20. The number of ketones is 2. The van der Waals surface area contributed by atoms with Crippen LogP contribution in [-0.4, -0.2) is 37.2 Å². The Morgan fingerprint density at radius 2 is 1.78 bits per heavy atom. The molecule has 0 radical (unpaired) electrons. The summed E-state index contributed by atoms with van der Waals surface area (Å²) in [5.74, 6) is 1.18. The van der Waals surface area contributed by atoms with E-state index >= 15 is 0 Å². The second-order valence-corrected chi connectivity index (χ2v) is 15.6. The van der Waals surface area contributed by atoms with E-state index in [1.54, 1.807) is 0 Å². The molecule has 0 amide bonds. The van der Waals surface area contributed by atoms with Crippen LogP contribution in [0.4, 0.5) is 0 Å². The molecule has 3 fully saturated rings. The number of ether oxygens (including phenoxy) is 1. The first-order valence-corrected chi connectivity index (χ1v) is 15.9. The number of nitriles is 1. The molecule has 224 valence electrons. The second-order valence-electron chi connectivity index (χ2n) is 15.6. The van der Waals surface area contributed by atoms with Crippen molar-refractivity contribution in [1.29, 1.82) is 5.26 Å². The van der Waals surface area contributed by atoms with E-state index in [4.69, 9.17) is 4.74 Å². The molecule has 5 aliphatic rings. The van der Waals surface area contributed by atoms with Gasteiger partial charge in [-0.05, 0) is 84.5 Å². The number of esters is 1. The van der Waals surface area contributed by atoms with Gasteiger partial charge in [-0.1, -0.05) is 60.1 Å². The molecule has 0 heterocycles. The fourth-order valence-electron chi connectivity index (χ4n) is 10.9. The van der Waals surface area contributed by atoms with Crippen LogP contribution in [0.5, 0.6) is 0 Å². The van der Waals surface area contributed by atoms with Crippen LogP contribution in [0.25, 0.3) is 0 Å². The van der Waals surface area contributed by atoms with E-state index in [-0.39, 0.29) is 57.1 Å². The summed E-state index contributed by atoms with van der Waals surface area (Å²) in [6.45, 7) is 19.0. The summed E-state index contributed by atoms with van der Waals surface area (Å²) >= 11 is 0. The number of fused-ring (bicyclic) bond motifs is 7. The van der Waals surface area contributed by atoms with Crippen LogP contribution >= 0.6 is 0 Å². The highest BCUT2D eigenvalue weighted by Crippen LogP contribution is 2.74. The number of carbonyl (C=O) groups is 3. The molecule has 0 saturated heterocycles. The van der Waals surface area contributed by atoms with Crippen molar-refractivity contribution >= 4 is 17.5 Å². The summed E-state index contributed by atoms with van der Waals surface area (Å²) in [6.07, 6.45) is 10.1. The van der Waals surface area contributed by atoms with Crippen LogP contribution in [0.2, 0.25) is 0 Å². The van der Waals surface area contributed by atoms with Gasteiger partial charge in [0.25, 0.3) is 0 Å². The molecule has 9 atom stereocenters. The molecule has 0 aromatic carbocycles. The molecule has 0 aromatic heterocycles. The molecule has 6 heteroatoms. The van der Waals surface area contributed by atoms with Crippen molar-refractivity contribution in [3.8, 4) is 6.07 Å². The van der Waals surface area contributed by atoms with Gasteiger partial charge in [-0.2, -0.15) is 5.26 Å². The average Bonchev–Trinajstić information content (AvgIpc) is 2.90. The van der Waals surface area contributed by atoms with E-state index in [1.807, 2.05) is 26.0 Å². The number of hydrogen-bond acceptors (Lipinski definition) is 6. The zero-order valence-electron chi connectivity index (χ0n) is 26.5. The highest BCUT2D eigenvalue weighted by atomic mass is 16.5. The van der Waals surface area contributed by atoms with Gasteiger partial charge < -0.3 is 10.1 Å². The van der Waals surface area contributed by atoms with Gasteiger partial charge in [0.1, 0.15) is 12.7 Å². The minimum Gasteiger partial charge on any atom is -0.465 e. The van der Waals surface area contributed by atoms with Crippen LogP contribution in [-0.2, 0) is 19.1 Å². The lowest BCUT2D eigenvalue weighted by atomic mass is 9.34. The van der Waals surface area contributed by atoms with Crippen molar-refractivity contribution in [2.45, 2.75) is 93.9 Å². The standard InChI is InChI=1S/C35H50N2O4/c1-21-9-12-35(20-37-15-16-41-23(3)38)14-13-34(8)29(28(35)22(21)2)25(39)17-27-32(6)18-24(19-36)30(40)31(4,5)26(32)10-11-33(27,34)7/h17-18,21-22,26,28-29,37H,9-16,20H2,1-8H3/t21-,22+,26+,28+,29-,32+,33-,34-,35-/m1/s1. The normalized spacial score (nSPS) is 44.7. The van der Waals surface area contributed by atoms with E-state index in [2.05, 4.69) is 46.0 Å². The monoisotopic (exact) mass is 562 g/mol. The largest absolute Gasteiger partial charge is 0.465 e. The molecular weight excluding hydrogens is 512 g/mol. The molecule has 3 saturated carbocycles. The summed E-state index contributed by atoms with van der Waals surface area (Å²) in [7, 11) is 0. The first kappa shape index (κ1) is 30.2. The quantitative estimate of drug-likeness (QED) is 0.316. The Labute approximate surface area is 246 Å². The molecule has 0 spiro atoms. The third-order valence-corrected chi connectivity index (χ3v) is 13.5. The van der Waals surface area contributed by atoms with Crippen molar-refractivity contribution in [1.82, 2.24) is 5.32 Å². The molecule has 6 nitrogen and oxygen atoms in total. The number of rotatable bonds is 5. The number of Topliss-reactive ketones (excluding diaryl/α,β-unsaturated/α-hetero) is 1. The van der Waals surface area contributed by atoms with Crippen molar-refractivity contribution < 1.29 is 19.1 Å². The Morgan fingerprint density at radius 3 is 2.44 bits per heavy atom. The van der Waals surface area contributed by atoms with Gasteiger partial charge in [0.05, 0.1) is 5.57 Å². The average molecular weight is 563 g/mol. The van der Waals surface area contributed by atoms with Gasteiger partial charge in [0.2, 0.25) is 0 Å². The van der Waals surface area contributed by atoms with E-state index in [0.717, 1.165) is 44.2 Å². The highest BCUT2D eigenvalue weighted by Gasteiger charge is 2.70. The lowest BCUT2D eigenvalue weighted by Crippen LogP contribution is -2.66. The van der Waals surface area contributed by atoms with Crippen molar-refractivity contribution in [2.24, 2.45) is 56.7 Å². The van der Waals surface area contributed by atoms with Gasteiger partial charge in [-0.15, -0.1) is 0 Å². The number of nitrogens with zero attached hydrogens (tertiary/aromatic N) is 1. The van der Waals surface area contributed by atoms with Crippen LogP contribution in [0, 0.1) is 68.0 Å². The SMILES string of the molecule is CC(=O)OCCNC[C@]12CC[C@@H](C)[C@H](C)[C@H]1[C@H]1C(=O)C=C3[C@@]4(C)C=C(C#N)C(=O)C(C)(C)[C@@H]4CC[C@@]3(C)[C@]1(C)CC2. The molecule has 5 aliphatic carbocycles. The van der Waals surface area contributed by atoms with Crippen molar-refractivity contribution in [3.05, 3.63) is 23.3 Å². The third-order valence-electron chi connectivity index (χ3n) is 13.5. The lowest BCUT2D eigenvalue weighted by Gasteiger charge is -2.69. The first-order valence-electron chi connectivity index (χ1n) is 15.9. The topological polar surface area (TPSA) is 96.3 Å². The predicted octanol–water partition coefficient (Wildman–Crippen LogP) is 6.21. The third kappa shape index (κ3) is 4.15. The Kier molecular flexibility index (Phi) is 7.29. The van der Waals surface area contributed by atoms with Crippen LogP contribution < -0.4 is 5.32 Å². The minimum absolute atomic E-state index is 0.0396. The van der Waals surface area contributed by atoms with E-state index < -0.39 is 10.8 Å². The molecular formula is C35H50N2O4. The predicted molar refractivity (Wildman–Crippen MR) is 158 cm³/mol. The molecule has 1 N–H and O–H groups in total. The fraction of sp³-hybridized carbons (Fsp3) is 0.771. The second kappa shape index (κ2) is 9.90. The summed E-state index contributed by atoms with van der Waals surface area (Å²) < 4.78 is 5.18. The van der Waals surface area contributed by atoms with Gasteiger partial charge in [-0.25, -0.2) is 0 Å². The number of carbonyl (C=O) groups excluding carboxylic acids is 3. The smallest absolute Gasteiger partial charge is 0.302 e. The molecule has 0 aromatic rings. The Hall–Kier alpha value is -2.26. The molecule has 41 heavy (non-hydrogen) atoms. The zero-order chi connectivity index (χ0) is 30.2. The summed E-state index contributed by atoms with van der Waals surface area (Å²) in [4.78, 5) is 39.2. The zero-order valence-corrected chi connectivity index (χ0v) is 26.5. The maximum Gasteiger partial charge on any atom is 0.302 e. The van der Waals surface area contributed by atoms with E-state index in [1.165, 1.54) is 13.3 Å². The van der Waals surface area contributed by atoms with E-state index in [9.17, 15) is 19.6 Å². The Bertz CT molecular complexity index is 1260. The maximum absolute atomic E-state index is 14.6. The van der Waals surface area contributed by atoms with E-state index in [0.29, 0.717) is 25.0 Å². The number of allylic oxidation sites excluding steroid dienone is 4.